The van der Waals surface area contributed by atoms with Gasteiger partial charge < -0.3 is 5.32 Å². The van der Waals surface area contributed by atoms with E-state index in [9.17, 15) is 20.2 Å². The Kier molecular flexibility index (Phi) is 4.59. The number of nitro groups is 2. The molecule has 0 unspecified atom stereocenters. The van der Waals surface area contributed by atoms with Crippen molar-refractivity contribution in [3.05, 3.63) is 38.4 Å². The summed E-state index contributed by atoms with van der Waals surface area (Å²) < 4.78 is 0. The van der Waals surface area contributed by atoms with E-state index in [1.54, 1.807) is 0 Å². The van der Waals surface area contributed by atoms with Gasteiger partial charge in [-0.1, -0.05) is 13.8 Å². The first kappa shape index (κ1) is 13.9. The summed E-state index contributed by atoms with van der Waals surface area (Å²) in [5.74, 6) is 0.481. The SMILES string of the molecule is CC(C)CCNc1ccc([N+](=O)[O-])cc1[N+](=O)[O-]. The number of nitrogens with zero attached hydrogens (tertiary/aromatic N) is 2. The third kappa shape index (κ3) is 3.69. The summed E-state index contributed by atoms with van der Waals surface area (Å²) in [4.78, 5) is 20.1. The molecular weight excluding hydrogens is 238 g/mol. The van der Waals surface area contributed by atoms with Gasteiger partial charge in [-0.2, -0.15) is 0 Å². The Morgan fingerprint density at radius 2 is 1.89 bits per heavy atom. The number of nitro benzene ring substituents is 2. The molecule has 1 aromatic rings. The first-order chi connectivity index (χ1) is 8.41. The Hall–Kier alpha value is -2.18. The molecular formula is C11H15N3O4. The Bertz CT molecular complexity index is 460. The molecule has 0 heterocycles. The lowest BCUT2D eigenvalue weighted by atomic mass is 10.1. The van der Waals surface area contributed by atoms with Crippen molar-refractivity contribution in [1.29, 1.82) is 0 Å². The fourth-order valence-corrected chi connectivity index (χ4v) is 1.43. The molecule has 0 saturated carbocycles. The second-order valence-electron chi connectivity index (χ2n) is 4.32. The normalized spacial score (nSPS) is 10.4. The van der Waals surface area contributed by atoms with Gasteiger partial charge in [-0.25, -0.2) is 0 Å². The topological polar surface area (TPSA) is 98.3 Å². The van der Waals surface area contributed by atoms with Gasteiger partial charge >= 0.3 is 0 Å². The van der Waals surface area contributed by atoms with Crippen molar-refractivity contribution in [2.75, 3.05) is 11.9 Å². The zero-order chi connectivity index (χ0) is 13.7. The van der Waals surface area contributed by atoms with Crippen molar-refractivity contribution in [1.82, 2.24) is 0 Å². The number of non-ortho nitro benzene ring substituents is 1. The molecule has 1 aromatic carbocycles. The van der Waals surface area contributed by atoms with E-state index >= 15 is 0 Å². The summed E-state index contributed by atoms with van der Waals surface area (Å²) in [6, 6.07) is 3.60. The van der Waals surface area contributed by atoms with Gasteiger partial charge in [0.15, 0.2) is 0 Å². The van der Waals surface area contributed by atoms with E-state index in [2.05, 4.69) is 5.32 Å². The minimum absolute atomic E-state index is 0.270. The number of anilines is 1. The summed E-state index contributed by atoms with van der Waals surface area (Å²) in [5, 5.41) is 24.3. The molecule has 0 radical (unpaired) electrons. The molecule has 0 fully saturated rings. The first-order valence-corrected chi connectivity index (χ1v) is 5.58. The van der Waals surface area contributed by atoms with Crippen LogP contribution in [0, 0.1) is 26.1 Å². The number of nitrogens with one attached hydrogen (secondary N) is 1. The van der Waals surface area contributed by atoms with Gasteiger partial charge in [0.2, 0.25) is 0 Å². The number of benzene rings is 1. The maximum Gasteiger partial charge on any atom is 0.299 e. The molecule has 7 nitrogen and oxygen atoms in total. The van der Waals surface area contributed by atoms with Crippen LogP contribution in [0.25, 0.3) is 0 Å². The Balaban J connectivity index is 2.90. The van der Waals surface area contributed by atoms with Crippen LogP contribution >= 0.6 is 0 Å². The molecule has 0 bridgehead atoms. The molecule has 0 aromatic heterocycles. The van der Waals surface area contributed by atoms with Gasteiger partial charge in [0.25, 0.3) is 11.4 Å². The Labute approximate surface area is 104 Å². The molecule has 0 amide bonds. The van der Waals surface area contributed by atoms with Crippen LogP contribution in [0.4, 0.5) is 17.1 Å². The largest absolute Gasteiger partial charge is 0.379 e. The smallest absolute Gasteiger partial charge is 0.299 e. The number of hydrogen-bond acceptors (Lipinski definition) is 5. The lowest BCUT2D eigenvalue weighted by Gasteiger charge is -2.08. The zero-order valence-corrected chi connectivity index (χ0v) is 10.3. The average molecular weight is 253 g/mol. The predicted molar refractivity (Wildman–Crippen MR) is 67.7 cm³/mol. The Morgan fingerprint density at radius 3 is 2.39 bits per heavy atom. The molecule has 7 heteroatoms. The van der Waals surface area contributed by atoms with Gasteiger partial charge in [0, 0.05) is 12.6 Å². The van der Waals surface area contributed by atoms with E-state index in [4.69, 9.17) is 0 Å². The highest BCUT2D eigenvalue weighted by molar-refractivity contribution is 5.65. The van der Waals surface area contributed by atoms with E-state index in [0.29, 0.717) is 18.2 Å². The summed E-state index contributed by atoms with van der Waals surface area (Å²) in [6.07, 6.45) is 0.869. The third-order valence-corrected chi connectivity index (χ3v) is 2.43. The van der Waals surface area contributed by atoms with Gasteiger partial charge in [-0.3, -0.25) is 20.2 Å². The molecule has 1 N–H and O–H groups in total. The maximum atomic E-state index is 10.8. The van der Waals surface area contributed by atoms with E-state index in [-0.39, 0.29) is 11.4 Å². The standard InChI is InChI=1S/C11H15N3O4/c1-8(2)5-6-12-10-4-3-9(13(15)16)7-11(10)14(17)18/h3-4,7-8,12H,5-6H2,1-2H3. The number of hydrogen-bond donors (Lipinski definition) is 1. The Morgan fingerprint density at radius 1 is 1.22 bits per heavy atom. The lowest BCUT2D eigenvalue weighted by molar-refractivity contribution is -0.393. The monoisotopic (exact) mass is 253 g/mol. The lowest BCUT2D eigenvalue weighted by Crippen LogP contribution is -2.07. The molecule has 0 atom stereocenters. The van der Waals surface area contributed by atoms with Crippen LogP contribution in [-0.2, 0) is 0 Å². The minimum Gasteiger partial charge on any atom is -0.379 e. The van der Waals surface area contributed by atoms with Crippen LogP contribution in [-0.4, -0.2) is 16.4 Å². The highest BCUT2D eigenvalue weighted by Gasteiger charge is 2.18. The second kappa shape index (κ2) is 5.95. The molecule has 98 valence electrons. The van der Waals surface area contributed by atoms with Crippen molar-refractivity contribution >= 4 is 17.1 Å². The van der Waals surface area contributed by atoms with Gasteiger partial charge in [0.05, 0.1) is 15.9 Å². The van der Waals surface area contributed by atoms with Crippen molar-refractivity contribution < 1.29 is 9.85 Å². The molecule has 0 spiro atoms. The van der Waals surface area contributed by atoms with Crippen LogP contribution in [0.3, 0.4) is 0 Å². The van der Waals surface area contributed by atoms with Crippen LogP contribution in [0.2, 0.25) is 0 Å². The van der Waals surface area contributed by atoms with Crippen LogP contribution in [0.15, 0.2) is 18.2 Å². The van der Waals surface area contributed by atoms with Crippen LogP contribution in [0.1, 0.15) is 20.3 Å². The van der Waals surface area contributed by atoms with Gasteiger partial charge in [0.1, 0.15) is 5.69 Å². The molecule has 0 saturated heterocycles. The molecule has 1 rings (SSSR count). The number of rotatable bonds is 6. The van der Waals surface area contributed by atoms with E-state index < -0.39 is 9.85 Å². The minimum atomic E-state index is -0.648. The highest BCUT2D eigenvalue weighted by Crippen LogP contribution is 2.28. The fraction of sp³-hybridized carbons (Fsp3) is 0.455. The summed E-state index contributed by atoms with van der Waals surface area (Å²) in [6.45, 7) is 4.69. The van der Waals surface area contributed by atoms with E-state index in [0.717, 1.165) is 12.5 Å². The van der Waals surface area contributed by atoms with Crippen molar-refractivity contribution in [3.63, 3.8) is 0 Å². The zero-order valence-electron chi connectivity index (χ0n) is 10.3. The average Bonchev–Trinajstić information content (AvgIpc) is 2.28. The fourth-order valence-electron chi connectivity index (χ4n) is 1.43. The van der Waals surface area contributed by atoms with E-state index in [1.165, 1.54) is 12.1 Å². The first-order valence-electron chi connectivity index (χ1n) is 5.58. The van der Waals surface area contributed by atoms with Crippen LogP contribution in [0.5, 0.6) is 0 Å². The summed E-state index contributed by atoms with van der Waals surface area (Å²) in [5.41, 5.74) is -0.240. The summed E-state index contributed by atoms with van der Waals surface area (Å²) in [7, 11) is 0. The molecule has 0 aliphatic heterocycles. The third-order valence-electron chi connectivity index (χ3n) is 2.43. The van der Waals surface area contributed by atoms with Crippen molar-refractivity contribution in [2.45, 2.75) is 20.3 Å². The molecule has 18 heavy (non-hydrogen) atoms. The quantitative estimate of drug-likeness (QED) is 0.620. The highest BCUT2D eigenvalue weighted by atomic mass is 16.6. The van der Waals surface area contributed by atoms with Gasteiger partial charge in [-0.15, -0.1) is 0 Å². The summed E-state index contributed by atoms with van der Waals surface area (Å²) >= 11 is 0. The van der Waals surface area contributed by atoms with Crippen molar-refractivity contribution in [3.8, 4) is 0 Å². The van der Waals surface area contributed by atoms with Gasteiger partial charge in [-0.05, 0) is 18.4 Å². The molecule has 0 aliphatic carbocycles. The van der Waals surface area contributed by atoms with Crippen molar-refractivity contribution in [2.24, 2.45) is 5.92 Å². The van der Waals surface area contributed by atoms with E-state index in [1.807, 2.05) is 13.8 Å². The maximum absolute atomic E-state index is 10.8. The predicted octanol–water partition coefficient (Wildman–Crippen LogP) is 2.96. The molecule has 0 aliphatic rings. The van der Waals surface area contributed by atoms with Crippen LogP contribution < -0.4 is 5.32 Å². The second-order valence-corrected chi connectivity index (χ2v) is 4.32.